The summed E-state index contributed by atoms with van der Waals surface area (Å²) in [6.07, 6.45) is 4.23. The maximum atomic E-state index is 12.4. The summed E-state index contributed by atoms with van der Waals surface area (Å²) in [6, 6.07) is 6.34. The Labute approximate surface area is 134 Å². The van der Waals surface area contributed by atoms with Crippen LogP contribution in [-0.4, -0.2) is 27.2 Å². The monoisotopic (exact) mass is 313 g/mol. The Kier molecular flexibility index (Phi) is 3.98. The van der Waals surface area contributed by atoms with E-state index in [9.17, 15) is 4.79 Å². The maximum Gasteiger partial charge on any atom is 0.228 e. The Morgan fingerprint density at radius 2 is 2.18 bits per heavy atom. The number of thiazole rings is 1. The predicted octanol–water partition coefficient (Wildman–Crippen LogP) is 3.21. The number of rotatable bonds is 4. The van der Waals surface area contributed by atoms with Gasteiger partial charge in [-0.2, -0.15) is 0 Å². The molecule has 0 spiro atoms. The summed E-state index contributed by atoms with van der Waals surface area (Å²) in [7, 11) is 1.85. The molecule has 0 saturated carbocycles. The van der Waals surface area contributed by atoms with Crippen LogP contribution in [0.15, 0.2) is 36.0 Å². The van der Waals surface area contributed by atoms with E-state index in [1.165, 1.54) is 16.7 Å². The van der Waals surface area contributed by atoms with Gasteiger partial charge in [-0.25, -0.2) is 4.98 Å². The van der Waals surface area contributed by atoms with Gasteiger partial charge in [-0.15, -0.1) is 11.3 Å². The van der Waals surface area contributed by atoms with E-state index in [-0.39, 0.29) is 5.91 Å². The second-order valence-electron chi connectivity index (χ2n) is 5.68. The van der Waals surface area contributed by atoms with Gasteiger partial charge in [0, 0.05) is 31.4 Å². The first kappa shape index (κ1) is 14.8. The fraction of sp³-hybridized carbons (Fsp3) is 0.294. The fourth-order valence-corrected chi connectivity index (χ4v) is 3.24. The van der Waals surface area contributed by atoms with Crippen molar-refractivity contribution in [2.45, 2.75) is 26.8 Å². The lowest BCUT2D eigenvalue weighted by Crippen LogP contribution is -2.28. The van der Waals surface area contributed by atoms with E-state index in [1.807, 2.05) is 29.2 Å². The minimum atomic E-state index is 0.0886. The van der Waals surface area contributed by atoms with Crippen molar-refractivity contribution in [3.8, 4) is 0 Å². The van der Waals surface area contributed by atoms with Crippen molar-refractivity contribution in [3.05, 3.63) is 58.4 Å². The van der Waals surface area contributed by atoms with Gasteiger partial charge in [0.05, 0.1) is 12.1 Å². The summed E-state index contributed by atoms with van der Waals surface area (Å²) in [4.78, 5) is 19.5. The van der Waals surface area contributed by atoms with Crippen LogP contribution in [0, 0.1) is 13.8 Å². The van der Waals surface area contributed by atoms with Crippen molar-refractivity contribution >= 4 is 22.2 Å². The minimum absolute atomic E-state index is 0.0886. The Balaban J connectivity index is 1.67. The number of amides is 1. The second-order valence-corrected chi connectivity index (χ2v) is 6.55. The van der Waals surface area contributed by atoms with E-state index in [4.69, 9.17) is 0 Å². The van der Waals surface area contributed by atoms with E-state index in [0.717, 1.165) is 10.7 Å². The van der Waals surface area contributed by atoms with Crippen molar-refractivity contribution in [2.24, 2.45) is 0 Å². The number of benzene rings is 1. The molecule has 1 aromatic carbocycles. The highest BCUT2D eigenvalue weighted by Gasteiger charge is 2.13. The number of fused-ring (bicyclic) bond motifs is 1. The summed E-state index contributed by atoms with van der Waals surface area (Å²) in [6.45, 7) is 4.80. The third-order valence-corrected chi connectivity index (χ3v) is 4.58. The van der Waals surface area contributed by atoms with Crippen molar-refractivity contribution in [3.63, 3.8) is 0 Å². The Morgan fingerprint density at radius 3 is 2.91 bits per heavy atom. The quantitative estimate of drug-likeness (QED) is 0.742. The minimum Gasteiger partial charge on any atom is -0.341 e. The molecule has 0 fully saturated rings. The van der Waals surface area contributed by atoms with Gasteiger partial charge in [-0.1, -0.05) is 23.8 Å². The molecule has 0 radical (unpaired) electrons. The van der Waals surface area contributed by atoms with Gasteiger partial charge in [0.1, 0.15) is 0 Å². The molecular formula is C17H19N3OS. The number of likely N-dealkylation sites (N-methyl/N-ethyl adjacent to an activating group) is 1. The van der Waals surface area contributed by atoms with Crippen molar-refractivity contribution in [1.82, 2.24) is 14.3 Å². The summed E-state index contributed by atoms with van der Waals surface area (Å²) in [5.74, 6) is 0.0886. The molecular weight excluding hydrogens is 294 g/mol. The number of nitrogens with zero attached hydrogens (tertiary/aromatic N) is 3. The number of aromatic nitrogens is 2. The van der Waals surface area contributed by atoms with Gasteiger partial charge < -0.3 is 4.90 Å². The van der Waals surface area contributed by atoms with Crippen LogP contribution in [0.25, 0.3) is 4.96 Å². The Hall–Kier alpha value is -2.14. The van der Waals surface area contributed by atoms with Crippen LogP contribution in [-0.2, 0) is 17.8 Å². The molecule has 0 bridgehead atoms. The zero-order valence-electron chi connectivity index (χ0n) is 13.0. The fourth-order valence-electron chi connectivity index (χ4n) is 2.52. The average molecular weight is 313 g/mol. The summed E-state index contributed by atoms with van der Waals surface area (Å²) in [5.41, 5.74) is 4.48. The standard InChI is InChI=1S/C17H19N3OS/c1-12-4-5-14(13(2)8-12)10-19(3)16(21)9-15-11-20-6-7-22-17(20)18-15/h4-8,11H,9-10H2,1-3H3. The lowest BCUT2D eigenvalue weighted by atomic mass is 10.1. The van der Waals surface area contributed by atoms with Gasteiger partial charge in [-0.05, 0) is 25.0 Å². The van der Waals surface area contributed by atoms with E-state index >= 15 is 0 Å². The topological polar surface area (TPSA) is 37.6 Å². The van der Waals surface area contributed by atoms with E-state index in [2.05, 4.69) is 37.0 Å². The normalized spacial score (nSPS) is 11.0. The Bertz CT molecular complexity index is 790. The van der Waals surface area contributed by atoms with Crippen LogP contribution in [0.4, 0.5) is 0 Å². The molecule has 2 aromatic heterocycles. The first-order valence-electron chi connectivity index (χ1n) is 7.24. The van der Waals surface area contributed by atoms with Crippen molar-refractivity contribution < 1.29 is 4.79 Å². The van der Waals surface area contributed by atoms with Crippen LogP contribution in [0.5, 0.6) is 0 Å². The van der Waals surface area contributed by atoms with Gasteiger partial charge in [0.25, 0.3) is 0 Å². The molecule has 0 aliphatic rings. The molecule has 0 aliphatic carbocycles. The number of imidazole rings is 1. The molecule has 3 aromatic rings. The van der Waals surface area contributed by atoms with Crippen molar-refractivity contribution in [2.75, 3.05) is 7.05 Å². The smallest absolute Gasteiger partial charge is 0.228 e. The van der Waals surface area contributed by atoms with Crippen LogP contribution in [0.3, 0.4) is 0 Å². The second kappa shape index (κ2) is 5.93. The average Bonchev–Trinajstić information content (AvgIpc) is 3.02. The zero-order valence-corrected chi connectivity index (χ0v) is 13.9. The molecule has 0 saturated heterocycles. The van der Waals surface area contributed by atoms with Crippen LogP contribution < -0.4 is 0 Å². The number of aryl methyl sites for hydroxylation is 2. The molecule has 0 aliphatic heterocycles. The molecule has 3 rings (SSSR count). The zero-order chi connectivity index (χ0) is 15.7. The highest BCUT2D eigenvalue weighted by atomic mass is 32.1. The van der Waals surface area contributed by atoms with Gasteiger partial charge >= 0.3 is 0 Å². The summed E-state index contributed by atoms with van der Waals surface area (Å²) >= 11 is 1.58. The number of carbonyl (C=O) groups is 1. The first-order chi connectivity index (χ1) is 10.5. The first-order valence-corrected chi connectivity index (χ1v) is 8.12. The third kappa shape index (κ3) is 3.04. The lowest BCUT2D eigenvalue weighted by molar-refractivity contribution is -0.129. The number of hydrogen-bond acceptors (Lipinski definition) is 3. The largest absolute Gasteiger partial charge is 0.341 e. The summed E-state index contributed by atoms with van der Waals surface area (Å²) < 4.78 is 1.96. The van der Waals surface area contributed by atoms with Crippen LogP contribution in [0.2, 0.25) is 0 Å². The molecule has 114 valence electrons. The SMILES string of the molecule is Cc1ccc(CN(C)C(=O)Cc2cn3ccsc3n2)c(C)c1. The summed E-state index contributed by atoms with van der Waals surface area (Å²) in [5, 5.41) is 1.99. The highest BCUT2D eigenvalue weighted by molar-refractivity contribution is 7.15. The number of hydrogen-bond donors (Lipinski definition) is 0. The molecule has 0 unspecified atom stereocenters. The van der Waals surface area contributed by atoms with Gasteiger partial charge in [-0.3, -0.25) is 9.20 Å². The predicted molar refractivity (Wildman–Crippen MR) is 89.2 cm³/mol. The number of carbonyl (C=O) groups excluding carboxylic acids is 1. The molecule has 2 heterocycles. The van der Waals surface area contributed by atoms with Crippen LogP contribution >= 0.6 is 11.3 Å². The maximum absolute atomic E-state index is 12.4. The van der Waals surface area contributed by atoms with E-state index in [0.29, 0.717) is 13.0 Å². The van der Waals surface area contributed by atoms with Gasteiger partial charge in [0.2, 0.25) is 5.91 Å². The van der Waals surface area contributed by atoms with Crippen LogP contribution in [0.1, 0.15) is 22.4 Å². The van der Waals surface area contributed by atoms with E-state index < -0.39 is 0 Å². The highest BCUT2D eigenvalue weighted by Crippen LogP contribution is 2.15. The van der Waals surface area contributed by atoms with E-state index in [1.54, 1.807) is 16.2 Å². The molecule has 4 nitrogen and oxygen atoms in total. The molecule has 0 N–H and O–H groups in total. The Morgan fingerprint density at radius 1 is 1.36 bits per heavy atom. The lowest BCUT2D eigenvalue weighted by Gasteiger charge is -2.18. The van der Waals surface area contributed by atoms with Gasteiger partial charge in [0.15, 0.2) is 4.96 Å². The molecule has 0 atom stereocenters. The molecule has 5 heteroatoms. The molecule has 22 heavy (non-hydrogen) atoms. The molecule has 1 amide bonds. The third-order valence-electron chi connectivity index (χ3n) is 3.81. The van der Waals surface area contributed by atoms with Crippen molar-refractivity contribution in [1.29, 1.82) is 0 Å².